The summed E-state index contributed by atoms with van der Waals surface area (Å²) in [6.07, 6.45) is 0.784. The van der Waals surface area contributed by atoms with Crippen LogP contribution in [-0.2, 0) is 20.7 Å². The molecule has 0 aliphatic carbocycles. The number of hydrogen-bond acceptors (Lipinski definition) is 4. The van der Waals surface area contributed by atoms with E-state index in [2.05, 4.69) is 12.6 Å². The topological polar surface area (TPSA) is 69.4 Å². The maximum atomic E-state index is 11.8. The van der Waals surface area contributed by atoms with Crippen LogP contribution in [0.2, 0.25) is 0 Å². The highest BCUT2D eigenvalue weighted by Gasteiger charge is 2.23. The molecule has 0 radical (unpaired) electrons. The predicted octanol–water partition coefficient (Wildman–Crippen LogP) is 1.72. The average Bonchev–Trinajstić information content (AvgIpc) is 2.39. The van der Waals surface area contributed by atoms with E-state index in [1.807, 2.05) is 37.3 Å². The SMILES string of the molecule is CCCC(OC(=O)[C@@H](N)Cc1ccccc1)C(=O)S. The minimum atomic E-state index is -0.803. The van der Waals surface area contributed by atoms with Gasteiger partial charge in [-0.05, 0) is 18.4 Å². The largest absolute Gasteiger partial charge is 0.452 e. The zero-order valence-corrected chi connectivity index (χ0v) is 11.8. The van der Waals surface area contributed by atoms with E-state index in [4.69, 9.17) is 10.5 Å². The van der Waals surface area contributed by atoms with Gasteiger partial charge in [0.25, 0.3) is 0 Å². The second kappa shape index (κ2) is 7.96. The summed E-state index contributed by atoms with van der Waals surface area (Å²) in [5, 5.41) is -0.442. The molecule has 0 saturated carbocycles. The number of hydrogen-bond donors (Lipinski definition) is 2. The van der Waals surface area contributed by atoms with Crippen LogP contribution < -0.4 is 5.73 Å². The van der Waals surface area contributed by atoms with Gasteiger partial charge >= 0.3 is 5.97 Å². The second-order valence-electron chi connectivity index (χ2n) is 4.35. The summed E-state index contributed by atoms with van der Waals surface area (Å²) >= 11 is 3.71. The van der Waals surface area contributed by atoms with Crippen molar-refractivity contribution in [3.8, 4) is 0 Å². The smallest absolute Gasteiger partial charge is 0.324 e. The Morgan fingerprint density at radius 1 is 1.32 bits per heavy atom. The summed E-state index contributed by atoms with van der Waals surface area (Å²) in [4.78, 5) is 23.0. The number of ether oxygens (including phenoxy) is 1. The molecular weight excluding hydrogens is 262 g/mol. The summed E-state index contributed by atoms with van der Waals surface area (Å²) < 4.78 is 5.10. The number of benzene rings is 1. The van der Waals surface area contributed by atoms with Crippen LogP contribution in [-0.4, -0.2) is 23.2 Å². The third kappa shape index (κ3) is 5.44. The number of rotatable bonds is 7. The van der Waals surface area contributed by atoms with Gasteiger partial charge in [0.05, 0.1) is 0 Å². The standard InChI is InChI=1S/C14H19NO3S/c1-2-6-12(14(17)19)18-13(16)11(15)9-10-7-4-3-5-8-10/h3-5,7-8,11-12H,2,6,9,15H2,1H3,(H,17,19)/t11-,12?/m0/s1. The third-order valence-corrected chi connectivity index (χ3v) is 2.97. The first kappa shape index (κ1) is 15.7. The van der Waals surface area contributed by atoms with Crippen LogP contribution in [0.3, 0.4) is 0 Å². The van der Waals surface area contributed by atoms with Gasteiger partial charge in [-0.15, -0.1) is 12.6 Å². The molecule has 0 bridgehead atoms. The first-order valence-electron chi connectivity index (χ1n) is 6.27. The third-order valence-electron chi connectivity index (χ3n) is 2.69. The van der Waals surface area contributed by atoms with E-state index in [0.717, 1.165) is 12.0 Å². The maximum absolute atomic E-state index is 11.8. The zero-order valence-electron chi connectivity index (χ0n) is 10.9. The summed E-state index contributed by atoms with van der Waals surface area (Å²) in [5.74, 6) is -0.565. The Kier molecular flexibility index (Phi) is 6.59. The van der Waals surface area contributed by atoms with Crippen LogP contribution >= 0.6 is 12.6 Å². The normalized spacial score (nSPS) is 13.6. The Hall–Kier alpha value is -1.33. The summed E-state index contributed by atoms with van der Waals surface area (Å²) in [6.45, 7) is 1.90. The highest BCUT2D eigenvalue weighted by atomic mass is 32.1. The van der Waals surface area contributed by atoms with Gasteiger partial charge < -0.3 is 10.5 Å². The van der Waals surface area contributed by atoms with Crippen LogP contribution in [0.25, 0.3) is 0 Å². The van der Waals surface area contributed by atoms with Gasteiger partial charge in [0, 0.05) is 0 Å². The molecule has 0 amide bonds. The summed E-state index contributed by atoms with van der Waals surface area (Å²) in [7, 11) is 0. The number of carbonyl (C=O) groups excluding carboxylic acids is 2. The second-order valence-corrected chi connectivity index (χ2v) is 4.79. The van der Waals surface area contributed by atoms with E-state index in [-0.39, 0.29) is 0 Å². The van der Waals surface area contributed by atoms with E-state index in [1.165, 1.54) is 0 Å². The first-order valence-corrected chi connectivity index (χ1v) is 6.72. The van der Waals surface area contributed by atoms with E-state index < -0.39 is 23.2 Å². The van der Waals surface area contributed by atoms with Crippen molar-refractivity contribution in [2.24, 2.45) is 5.73 Å². The molecule has 0 spiro atoms. The fraction of sp³-hybridized carbons (Fsp3) is 0.429. The number of nitrogens with two attached hydrogens (primary N) is 1. The molecule has 0 aliphatic rings. The lowest BCUT2D eigenvalue weighted by atomic mass is 10.1. The number of carbonyl (C=O) groups is 2. The Labute approximate surface area is 118 Å². The highest BCUT2D eigenvalue weighted by molar-refractivity contribution is 7.96. The summed E-state index contributed by atoms with van der Waals surface area (Å²) in [6, 6.07) is 8.66. The Bertz CT molecular complexity index is 422. The maximum Gasteiger partial charge on any atom is 0.324 e. The Balaban J connectivity index is 2.54. The van der Waals surface area contributed by atoms with Gasteiger partial charge in [0.15, 0.2) is 6.10 Å². The van der Waals surface area contributed by atoms with E-state index in [9.17, 15) is 9.59 Å². The molecule has 1 unspecified atom stereocenters. The molecule has 0 saturated heterocycles. The monoisotopic (exact) mass is 281 g/mol. The molecular formula is C14H19NO3S. The highest BCUT2D eigenvalue weighted by Crippen LogP contribution is 2.09. The number of thiol groups is 1. The molecule has 0 aromatic heterocycles. The van der Waals surface area contributed by atoms with Crippen LogP contribution in [0, 0.1) is 0 Å². The van der Waals surface area contributed by atoms with Crippen molar-refractivity contribution in [3.63, 3.8) is 0 Å². The number of esters is 1. The van der Waals surface area contributed by atoms with Crippen molar-refractivity contribution in [1.29, 1.82) is 0 Å². The fourth-order valence-electron chi connectivity index (χ4n) is 1.67. The van der Waals surface area contributed by atoms with Gasteiger partial charge in [-0.3, -0.25) is 9.59 Å². The van der Waals surface area contributed by atoms with Crippen molar-refractivity contribution >= 4 is 23.7 Å². The lowest BCUT2D eigenvalue weighted by Crippen LogP contribution is -2.38. The molecule has 5 heteroatoms. The van der Waals surface area contributed by atoms with Crippen molar-refractivity contribution < 1.29 is 14.3 Å². The van der Waals surface area contributed by atoms with Gasteiger partial charge in [-0.25, -0.2) is 0 Å². The summed E-state index contributed by atoms with van der Waals surface area (Å²) in [5.41, 5.74) is 6.74. The lowest BCUT2D eigenvalue weighted by molar-refractivity contribution is -0.154. The van der Waals surface area contributed by atoms with Gasteiger partial charge in [0.1, 0.15) is 6.04 Å². The van der Waals surface area contributed by atoms with Crippen LogP contribution in [0.15, 0.2) is 30.3 Å². The molecule has 1 rings (SSSR count). The molecule has 19 heavy (non-hydrogen) atoms. The molecule has 104 valence electrons. The molecule has 2 atom stereocenters. The van der Waals surface area contributed by atoms with E-state index in [0.29, 0.717) is 12.8 Å². The molecule has 0 fully saturated rings. The predicted molar refractivity (Wildman–Crippen MR) is 76.9 cm³/mol. The Morgan fingerprint density at radius 3 is 2.47 bits per heavy atom. The van der Waals surface area contributed by atoms with Crippen molar-refractivity contribution in [2.75, 3.05) is 0 Å². The van der Waals surface area contributed by atoms with E-state index >= 15 is 0 Å². The van der Waals surface area contributed by atoms with Crippen molar-refractivity contribution in [3.05, 3.63) is 35.9 Å². The van der Waals surface area contributed by atoms with Gasteiger partial charge in [-0.1, -0.05) is 43.7 Å². The van der Waals surface area contributed by atoms with Crippen LogP contribution in [0.1, 0.15) is 25.3 Å². The van der Waals surface area contributed by atoms with E-state index in [1.54, 1.807) is 0 Å². The quantitative estimate of drug-likeness (QED) is 0.590. The molecule has 1 aromatic carbocycles. The van der Waals surface area contributed by atoms with Crippen molar-refractivity contribution in [1.82, 2.24) is 0 Å². The fourth-order valence-corrected chi connectivity index (χ4v) is 1.86. The van der Waals surface area contributed by atoms with Crippen LogP contribution in [0.5, 0.6) is 0 Å². The minimum absolute atomic E-state index is 0.388. The van der Waals surface area contributed by atoms with Crippen molar-refractivity contribution in [2.45, 2.75) is 38.3 Å². The van der Waals surface area contributed by atoms with Gasteiger partial charge in [-0.2, -0.15) is 0 Å². The molecule has 4 nitrogen and oxygen atoms in total. The first-order chi connectivity index (χ1) is 9.04. The molecule has 1 aromatic rings. The zero-order chi connectivity index (χ0) is 14.3. The van der Waals surface area contributed by atoms with Crippen LogP contribution in [0.4, 0.5) is 0 Å². The molecule has 2 N–H and O–H groups in total. The molecule has 0 heterocycles. The minimum Gasteiger partial charge on any atom is -0.452 e. The van der Waals surface area contributed by atoms with Gasteiger partial charge in [0.2, 0.25) is 5.12 Å². The molecule has 0 aliphatic heterocycles. The Morgan fingerprint density at radius 2 is 1.95 bits per heavy atom. The lowest BCUT2D eigenvalue weighted by Gasteiger charge is -2.17. The average molecular weight is 281 g/mol.